The number of nitrogens with zero attached hydrogens (tertiary/aromatic N) is 5. The number of fused-ring (bicyclic) bond motifs is 1. The zero-order chi connectivity index (χ0) is 23.0. The molecule has 4 aromatic rings. The van der Waals surface area contributed by atoms with E-state index in [2.05, 4.69) is 15.3 Å². The molecule has 10 nitrogen and oxygen atoms in total. The summed E-state index contributed by atoms with van der Waals surface area (Å²) in [4.78, 5) is 45.7. The lowest BCUT2D eigenvalue weighted by atomic mass is 10.2. The molecule has 0 radical (unpaired) electrons. The number of thiazole rings is 1. The number of anilines is 1. The Hall–Kier alpha value is -3.44. The van der Waals surface area contributed by atoms with Gasteiger partial charge in [0.25, 0.3) is 5.56 Å². The van der Waals surface area contributed by atoms with Crippen LogP contribution in [0.15, 0.2) is 39.5 Å². The van der Waals surface area contributed by atoms with Crippen molar-refractivity contribution in [2.75, 3.05) is 11.9 Å². The standard InChI is InChI=1S/C20H19ClN6O4S/c1-4-31-14-6-5-11(7-12(14)21)13-9-32-19(23-13)24-15(28)8-27-10-22-17-16(27)18(29)26(3)20(30)25(17)2/h5-7,9-10H,4,8H2,1-3H3,(H,23,24,28). The third kappa shape index (κ3) is 3.92. The first kappa shape index (κ1) is 21.8. The molecule has 0 saturated heterocycles. The Labute approximate surface area is 190 Å². The number of amides is 1. The molecule has 3 heterocycles. The van der Waals surface area contributed by atoms with Crippen LogP contribution in [-0.4, -0.2) is 36.2 Å². The van der Waals surface area contributed by atoms with Crippen LogP contribution in [0, 0.1) is 0 Å². The Morgan fingerprint density at radius 2 is 2.03 bits per heavy atom. The summed E-state index contributed by atoms with van der Waals surface area (Å²) in [7, 11) is 2.90. The molecule has 12 heteroatoms. The largest absolute Gasteiger partial charge is 0.492 e. The van der Waals surface area contributed by atoms with Crippen LogP contribution >= 0.6 is 22.9 Å². The highest BCUT2D eigenvalue weighted by Gasteiger charge is 2.17. The number of halogens is 1. The van der Waals surface area contributed by atoms with Gasteiger partial charge in [-0.2, -0.15) is 0 Å². The van der Waals surface area contributed by atoms with Crippen LogP contribution in [0.5, 0.6) is 5.75 Å². The number of carbonyl (C=O) groups excluding carboxylic acids is 1. The van der Waals surface area contributed by atoms with Gasteiger partial charge in [-0.1, -0.05) is 11.6 Å². The van der Waals surface area contributed by atoms with Crippen molar-refractivity contribution in [1.29, 1.82) is 0 Å². The smallest absolute Gasteiger partial charge is 0.332 e. The summed E-state index contributed by atoms with van der Waals surface area (Å²) in [5.74, 6) is 0.212. The molecule has 4 rings (SSSR count). The normalized spacial score (nSPS) is 11.1. The number of aryl methyl sites for hydroxylation is 1. The Bertz CT molecular complexity index is 1450. The lowest BCUT2D eigenvalue weighted by Gasteiger charge is -2.07. The van der Waals surface area contributed by atoms with Gasteiger partial charge in [0.2, 0.25) is 5.91 Å². The quantitative estimate of drug-likeness (QED) is 0.458. The van der Waals surface area contributed by atoms with Crippen LogP contribution in [0.4, 0.5) is 5.13 Å². The van der Waals surface area contributed by atoms with Crippen molar-refractivity contribution in [2.24, 2.45) is 14.1 Å². The monoisotopic (exact) mass is 474 g/mol. The predicted octanol–water partition coefficient (Wildman–Crippen LogP) is 2.25. The summed E-state index contributed by atoms with van der Waals surface area (Å²) in [6.45, 7) is 2.24. The van der Waals surface area contributed by atoms with Crippen molar-refractivity contribution < 1.29 is 9.53 Å². The first-order chi connectivity index (χ1) is 15.3. The minimum absolute atomic E-state index is 0.159. The van der Waals surface area contributed by atoms with Gasteiger partial charge in [0.1, 0.15) is 12.3 Å². The third-order valence-corrected chi connectivity index (χ3v) is 5.86. The van der Waals surface area contributed by atoms with E-state index in [0.29, 0.717) is 28.2 Å². The highest BCUT2D eigenvalue weighted by Crippen LogP contribution is 2.32. The molecule has 1 aromatic carbocycles. The summed E-state index contributed by atoms with van der Waals surface area (Å²) in [6.07, 6.45) is 1.36. The maximum atomic E-state index is 12.6. The zero-order valence-corrected chi connectivity index (χ0v) is 19.0. The highest BCUT2D eigenvalue weighted by atomic mass is 35.5. The van der Waals surface area contributed by atoms with Crippen molar-refractivity contribution in [3.63, 3.8) is 0 Å². The van der Waals surface area contributed by atoms with E-state index >= 15 is 0 Å². The van der Waals surface area contributed by atoms with E-state index in [1.54, 1.807) is 17.5 Å². The van der Waals surface area contributed by atoms with E-state index in [1.165, 1.54) is 40.9 Å². The van der Waals surface area contributed by atoms with Crippen molar-refractivity contribution in [3.8, 4) is 17.0 Å². The molecule has 0 atom stereocenters. The van der Waals surface area contributed by atoms with E-state index in [0.717, 1.165) is 10.1 Å². The van der Waals surface area contributed by atoms with Crippen LogP contribution < -0.4 is 21.3 Å². The molecule has 1 amide bonds. The number of benzene rings is 1. The van der Waals surface area contributed by atoms with Gasteiger partial charge in [-0.25, -0.2) is 14.8 Å². The van der Waals surface area contributed by atoms with Crippen LogP contribution in [-0.2, 0) is 25.4 Å². The zero-order valence-electron chi connectivity index (χ0n) is 17.5. The molecule has 1 N–H and O–H groups in total. The van der Waals surface area contributed by atoms with Crippen molar-refractivity contribution >= 4 is 45.1 Å². The van der Waals surface area contributed by atoms with Crippen LogP contribution in [0.1, 0.15) is 6.92 Å². The van der Waals surface area contributed by atoms with Crippen molar-refractivity contribution in [1.82, 2.24) is 23.7 Å². The number of hydrogen-bond acceptors (Lipinski definition) is 7. The Balaban J connectivity index is 1.53. The van der Waals surface area contributed by atoms with Crippen LogP contribution in [0.25, 0.3) is 22.4 Å². The van der Waals surface area contributed by atoms with Gasteiger partial charge in [0.05, 0.1) is 23.7 Å². The van der Waals surface area contributed by atoms with E-state index in [9.17, 15) is 14.4 Å². The van der Waals surface area contributed by atoms with Gasteiger partial charge in [0.15, 0.2) is 16.3 Å². The summed E-state index contributed by atoms with van der Waals surface area (Å²) in [5.41, 5.74) is 0.843. The second kappa shape index (κ2) is 8.60. The molecule has 0 aliphatic carbocycles. The maximum absolute atomic E-state index is 12.6. The Morgan fingerprint density at radius 3 is 2.75 bits per heavy atom. The molecular weight excluding hydrogens is 456 g/mol. The lowest BCUT2D eigenvalue weighted by Crippen LogP contribution is -2.37. The summed E-state index contributed by atoms with van der Waals surface area (Å²) in [6, 6.07) is 5.37. The van der Waals surface area contributed by atoms with Gasteiger partial charge >= 0.3 is 5.69 Å². The number of imidazole rings is 1. The third-order valence-electron chi connectivity index (χ3n) is 4.81. The number of nitrogens with one attached hydrogen (secondary N) is 1. The fraction of sp³-hybridized carbons (Fsp3) is 0.250. The number of hydrogen-bond donors (Lipinski definition) is 1. The summed E-state index contributed by atoms with van der Waals surface area (Å²) >= 11 is 7.51. The number of aromatic nitrogens is 5. The second-order valence-electron chi connectivity index (χ2n) is 6.91. The Kier molecular flexibility index (Phi) is 5.85. The molecule has 0 unspecified atom stereocenters. The Morgan fingerprint density at radius 1 is 1.25 bits per heavy atom. The molecule has 3 aromatic heterocycles. The molecular formula is C20H19ClN6O4S. The van der Waals surface area contributed by atoms with Gasteiger partial charge < -0.3 is 14.6 Å². The predicted molar refractivity (Wildman–Crippen MR) is 123 cm³/mol. The average Bonchev–Trinajstić information content (AvgIpc) is 3.39. The van der Waals surface area contributed by atoms with E-state index in [-0.39, 0.29) is 23.6 Å². The maximum Gasteiger partial charge on any atom is 0.332 e. The van der Waals surface area contributed by atoms with Crippen molar-refractivity contribution in [2.45, 2.75) is 13.5 Å². The molecule has 0 bridgehead atoms. The minimum Gasteiger partial charge on any atom is -0.492 e. The lowest BCUT2D eigenvalue weighted by molar-refractivity contribution is -0.116. The molecule has 0 saturated carbocycles. The molecule has 0 aliphatic heterocycles. The highest BCUT2D eigenvalue weighted by molar-refractivity contribution is 7.14. The van der Waals surface area contributed by atoms with Crippen molar-refractivity contribution in [3.05, 3.63) is 55.8 Å². The summed E-state index contributed by atoms with van der Waals surface area (Å²) in [5, 5.41) is 5.41. The van der Waals surface area contributed by atoms with Gasteiger partial charge in [-0.15, -0.1) is 11.3 Å². The first-order valence-electron chi connectivity index (χ1n) is 9.59. The fourth-order valence-electron chi connectivity index (χ4n) is 3.23. The SMILES string of the molecule is CCOc1ccc(-c2csc(NC(=O)Cn3cnc4c3c(=O)n(C)c(=O)n4C)n2)cc1Cl. The summed E-state index contributed by atoms with van der Waals surface area (Å²) < 4.78 is 9.09. The molecule has 0 spiro atoms. The minimum atomic E-state index is -0.516. The first-order valence-corrected chi connectivity index (χ1v) is 10.8. The van der Waals surface area contributed by atoms with E-state index < -0.39 is 11.2 Å². The molecule has 32 heavy (non-hydrogen) atoms. The van der Waals surface area contributed by atoms with E-state index in [4.69, 9.17) is 16.3 Å². The van der Waals surface area contributed by atoms with Gasteiger partial charge in [0, 0.05) is 25.0 Å². The van der Waals surface area contributed by atoms with Crippen LogP contribution in [0.3, 0.4) is 0 Å². The average molecular weight is 475 g/mol. The van der Waals surface area contributed by atoms with E-state index in [1.807, 2.05) is 13.0 Å². The molecule has 0 fully saturated rings. The topological polar surface area (TPSA) is 113 Å². The second-order valence-corrected chi connectivity index (χ2v) is 8.18. The number of rotatable bonds is 6. The van der Waals surface area contributed by atoms with Crippen LogP contribution in [0.2, 0.25) is 5.02 Å². The van der Waals surface area contributed by atoms with Gasteiger partial charge in [-0.3, -0.25) is 18.7 Å². The molecule has 0 aliphatic rings. The van der Waals surface area contributed by atoms with Gasteiger partial charge in [-0.05, 0) is 25.1 Å². The number of ether oxygens (including phenoxy) is 1. The number of carbonyl (C=O) groups is 1. The molecule has 166 valence electrons. The fourth-order valence-corrected chi connectivity index (χ4v) is 4.20.